The summed E-state index contributed by atoms with van der Waals surface area (Å²) in [5.74, 6) is -0.197. The number of fused-ring (bicyclic) bond motifs is 1. The predicted molar refractivity (Wildman–Crippen MR) is 98.0 cm³/mol. The first-order valence-corrected chi connectivity index (χ1v) is 10.5. The number of carbonyl (C=O) groups excluding carboxylic acids is 1. The molecule has 0 amide bonds. The molecule has 0 spiro atoms. The molecule has 0 unspecified atom stereocenters. The van der Waals surface area contributed by atoms with E-state index in [-0.39, 0.29) is 16.1 Å². The van der Waals surface area contributed by atoms with Crippen LogP contribution in [0.1, 0.15) is 33.6 Å². The van der Waals surface area contributed by atoms with Crippen molar-refractivity contribution in [2.45, 2.75) is 55.5 Å². The molecule has 0 bridgehead atoms. The number of aromatic nitrogens is 2. The fourth-order valence-electron chi connectivity index (χ4n) is 2.45. The van der Waals surface area contributed by atoms with E-state index in [0.717, 1.165) is 10.7 Å². The molecule has 0 saturated carbocycles. The predicted octanol–water partition coefficient (Wildman–Crippen LogP) is 2.53. The molecule has 1 aromatic carbocycles. The van der Waals surface area contributed by atoms with Crippen LogP contribution in [0.25, 0.3) is 11.0 Å². The average Bonchev–Trinajstić information content (AvgIpc) is 2.88. The number of hydrogen-bond donors (Lipinski definition) is 1. The molecule has 25 heavy (non-hydrogen) atoms. The van der Waals surface area contributed by atoms with Crippen LogP contribution in [-0.2, 0) is 26.1 Å². The van der Waals surface area contributed by atoms with E-state index in [2.05, 4.69) is 4.98 Å². The molecule has 1 aromatic heterocycles. The number of ether oxygens (including phenoxy) is 1. The van der Waals surface area contributed by atoms with Crippen molar-refractivity contribution in [2.24, 2.45) is 5.14 Å². The molecule has 138 valence electrons. The maximum absolute atomic E-state index is 11.5. The maximum Gasteiger partial charge on any atom is 0.305 e. The van der Waals surface area contributed by atoms with Crippen LogP contribution in [0.2, 0.25) is 0 Å². The Kier molecular flexibility index (Phi) is 6.47. The average molecular weight is 386 g/mol. The Labute approximate surface area is 152 Å². The number of imidazole rings is 1. The Morgan fingerprint density at radius 2 is 2.12 bits per heavy atom. The van der Waals surface area contributed by atoms with Gasteiger partial charge in [-0.05, 0) is 38.5 Å². The van der Waals surface area contributed by atoms with Crippen LogP contribution in [0.5, 0.6) is 0 Å². The largest absolute Gasteiger partial charge is 0.466 e. The quantitative estimate of drug-likeness (QED) is 0.553. The lowest BCUT2D eigenvalue weighted by atomic mass is 10.2. The monoisotopic (exact) mass is 385 g/mol. The fraction of sp³-hybridized carbons (Fsp3) is 0.500. The van der Waals surface area contributed by atoms with E-state index < -0.39 is 10.0 Å². The van der Waals surface area contributed by atoms with E-state index >= 15 is 0 Å². The van der Waals surface area contributed by atoms with E-state index in [1.807, 2.05) is 18.4 Å². The second kappa shape index (κ2) is 8.20. The first-order valence-electron chi connectivity index (χ1n) is 8.11. The second-order valence-corrected chi connectivity index (χ2v) is 8.57. The van der Waals surface area contributed by atoms with Crippen molar-refractivity contribution in [3.05, 3.63) is 18.2 Å². The highest BCUT2D eigenvalue weighted by Gasteiger charge is 2.17. The minimum atomic E-state index is -3.76. The van der Waals surface area contributed by atoms with Gasteiger partial charge in [0.25, 0.3) is 0 Å². The zero-order valence-electron chi connectivity index (χ0n) is 14.6. The molecule has 0 radical (unpaired) electrons. The summed E-state index contributed by atoms with van der Waals surface area (Å²) in [5.41, 5.74) is 1.45. The summed E-state index contributed by atoms with van der Waals surface area (Å²) >= 11 is 1.56. The highest BCUT2D eigenvalue weighted by Crippen LogP contribution is 2.30. The van der Waals surface area contributed by atoms with Gasteiger partial charge in [-0.3, -0.25) is 4.79 Å². The van der Waals surface area contributed by atoms with Crippen LogP contribution in [0, 0.1) is 0 Å². The van der Waals surface area contributed by atoms with Crippen molar-refractivity contribution in [3.63, 3.8) is 0 Å². The number of esters is 1. The molecule has 7 nitrogen and oxygen atoms in total. The Hall–Kier alpha value is -1.58. The first-order chi connectivity index (χ1) is 11.8. The number of sulfonamides is 1. The summed E-state index contributed by atoms with van der Waals surface area (Å²) in [4.78, 5) is 16.1. The Morgan fingerprint density at radius 1 is 1.40 bits per heavy atom. The van der Waals surface area contributed by atoms with Gasteiger partial charge in [-0.15, -0.1) is 0 Å². The van der Waals surface area contributed by atoms with E-state index in [1.165, 1.54) is 12.1 Å². The van der Waals surface area contributed by atoms with Crippen LogP contribution in [0.3, 0.4) is 0 Å². The number of carbonyl (C=O) groups is 1. The molecule has 9 heteroatoms. The van der Waals surface area contributed by atoms with Crippen LogP contribution >= 0.6 is 11.8 Å². The van der Waals surface area contributed by atoms with Gasteiger partial charge in [0.05, 0.1) is 22.5 Å². The number of primary sulfonamides is 1. The van der Waals surface area contributed by atoms with E-state index in [9.17, 15) is 13.2 Å². The molecule has 2 N–H and O–H groups in total. The number of benzene rings is 1. The second-order valence-electron chi connectivity index (χ2n) is 5.61. The van der Waals surface area contributed by atoms with Crippen molar-refractivity contribution in [1.29, 1.82) is 0 Å². The van der Waals surface area contributed by atoms with Crippen molar-refractivity contribution in [1.82, 2.24) is 9.55 Å². The molecule has 2 rings (SSSR count). The van der Waals surface area contributed by atoms with Crippen LogP contribution in [0.15, 0.2) is 28.3 Å². The van der Waals surface area contributed by atoms with E-state index in [4.69, 9.17) is 9.88 Å². The van der Waals surface area contributed by atoms with Gasteiger partial charge in [0, 0.05) is 18.2 Å². The summed E-state index contributed by atoms with van der Waals surface area (Å²) in [5, 5.41) is 6.15. The molecule has 0 aliphatic carbocycles. The minimum absolute atomic E-state index is 0.0488. The standard InChI is InChI=1S/C16H23N3O4S2/c1-4-19-14-8-7-12(25(17,21)22)10-13(14)18-16(19)24-11(3)6-9-15(20)23-5-2/h7-8,10-11H,4-6,9H2,1-3H3,(H2,17,21,22)/t11-/m1/s1. The van der Waals surface area contributed by atoms with Crippen molar-refractivity contribution < 1.29 is 17.9 Å². The zero-order valence-corrected chi connectivity index (χ0v) is 16.2. The summed E-state index contributed by atoms with van der Waals surface area (Å²) in [6.45, 7) is 6.91. The highest BCUT2D eigenvalue weighted by atomic mass is 32.2. The molecule has 0 aliphatic heterocycles. The summed E-state index contributed by atoms with van der Waals surface area (Å²) in [6, 6.07) is 4.70. The van der Waals surface area contributed by atoms with Gasteiger partial charge in [-0.2, -0.15) is 0 Å². The lowest BCUT2D eigenvalue weighted by Gasteiger charge is -2.11. The third-order valence-electron chi connectivity index (χ3n) is 3.70. The number of nitrogens with two attached hydrogens (primary N) is 1. The van der Waals surface area contributed by atoms with Crippen molar-refractivity contribution in [3.8, 4) is 0 Å². The van der Waals surface area contributed by atoms with Gasteiger partial charge in [0.1, 0.15) is 0 Å². The van der Waals surface area contributed by atoms with Crippen LogP contribution in [0.4, 0.5) is 0 Å². The number of nitrogens with zero attached hydrogens (tertiary/aromatic N) is 2. The Morgan fingerprint density at radius 3 is 2.72 bits per heavy atom. The first kappa shape index (κ1) is 19.7. The van der Waals surface area contributed by atoms with Gasteiger partial charge < -0.3 is 9.30 Å². The molecule has 1 atom stereocenters. The van der Waals surface area contributed by atoms with E-state index in [1.54, 1.807) is 24.8 Å². The van der Waals surface area contributed by atoms with Crippen LogP contribution in [-0.4, -0.2) is 35.8 Å². The van der Waals surface area contributed by atoms with E-state index in [0.29, 0.717) is 31.5 Å². The molecular formula is C16H23N3O4S2. The third kappa shape index (κ3) is 4.96. The Bertz CT molecular complexity index is 862. The van der Waals surface area contributed by atoms with Gasteiger partial charge in [-0.1, -0.05) is 18.7 Å². The molecule has 1 heterocycles. The number of hydrogen-bond acceptors (Lipinski definition) is 6. The SMILES string of the molecule is CCOC(=O)CC[C@@H](C)Sc1nc2cc(S(N)(=O)=O)ccc2n1CC. The molecule has 2 aromatic rings. The number of aryl methyl sites for hydroxylation is 1. The summed E-state index contributed by atoms with van der Waals surface area (Å²) in [7, 11) is -3.76. The topological polar surface area (TPSA) is 104 Å². The molecule has 0 aliphatic rings. The molecule has 0 saturated heterocycles. The lowest BCUT2D eigenvalue weighted by Crippen LogP contribution is -2.11. The minimum Gasteiger partial charge on any atom is -0.466 e. The smallest absolute Gasteiger partial charge is 0.305 e. The normalized spacial score (nSPS) is 13.1. The van der Waals surface area contributed by atoms with Gasteiger partial charge >= 0.3 is 5.97 Å². The van der Waals surface area contributed by atoms with Gasteiger partial charge in [0.2, 0.25) is 10.0 Å². The van der Waals surface area contributed by atoms with Crippen LogP contribution < -0.4 is 5.14 Å². The Balaban J connectivity index is 2.21. The molecular weight excluding hydrogens is 362 g/mol. The van der Waals surface area contributed by atoms with Crippen molar-refractivity contribution in [2.75, 3.05) is 6.61 Å². The third-order valence-corrected chi connectivity index (χ3v) is 5.77. The fourth-order valence-corrected chi connectivity index (χ4v) is 4.09. The summed E-state index contributed by atoms with van der Waals surface area (Å²) in [6.07, 6.45) is 1.04. The van der Waals surface area contributed by atoms with Gasteiger partial charge in [-0.25, -0.2) is 18.5 Å². The summed E-state index contributed by atoms with van der Waals surface area (Å²) < 4.78 is 30.0. The molecule has 0 fully saturated rings. The number of thioether (sulfide) groups is 1. The lowest BCUT2D eigenvalue weighted by molar-refractivity contribution is -0.143. The van der Waals surface area contributed by atoms with Gasteiger partial charge in [0.15, 0.2) is 5.16 Å². The number of rotatable bonds is 8. The maximum atomic E-state index is 11.5. The van der Waals surface area contributed by atoms with Crippen molar-refractivity contribution >= 4 is 38.8 Å². The zero-order chi connectivity index (χ0) is 18.6. The highest BCUT2D eigenvalue weighted by molar-refractivity contribution is 7.99.